The highest BCUT2D eigenvalue weighted by molar-refractivity contribution is 7.15. The fourth-order valence-corrected chi connectivity index (χ4v) is 3.40. The van der Waals surface area contributed by atoms with E-state index < -0.39 is 0 Å². The first kappa shape index (κ1) is 13.8. The van der Waals surface area contributed by atoms with Crippen LogP contribution in [0.15, 0.2) is 41.9 Å². The van der Waals surface area contributed by atoms with Crippen molar-refractivity contribution in [2.45, 2.75) is 0 Å². The molecule has 0 spiro atoms. The third-order valence-electron chi connectivity index (χ3n) is 3.77. The van der Waals surface area contributed by atoms with Crippen LogP contribution in [0.25, 0.3) is 22.9 Å². The van der Waals surface area contributed by atoms with Gasteiger partial charge in [0.2, 0.25) is 0 Å². The van der Waals surface area contributed by atoms with Gasteiger partial charge in [-0.2, -0.15) is 5.10 Å². The zero-order valence-electron chi connectivity index (χ0n) is 12.3. The molecule has 1 aliphatic heterocycles. The molecular weight excluding hydrogens is 310 g/mol. The monoisotopic (exact) mass is 323 g/mol. The Hall–Kier alpha value is -2.86. The molecular formula is C17H13N3O2S. The van der Waals surface area contributed by atoms with Crippen molar-refractivity contribution >= 4 is 33.9 Å². The average molecular weight is 323 g/mol. The summed E-state index contributed by atoms with van der Waals surface area (Å²) in [6, 6.07) is 9.66. The second-order valence-corrected chi connectivity index (χ2v) is 6.02. The van der Waals surface area contributed by atoms with Gasteiger partial charge in [-0.1, -0.05) is 0 Å². The van der Waals surface area contributed by atoms with Crippen molar-refractivity contribution in [3.05, 3.63) is 53.0 Å². The maximum atomic E-state index is 12.1. The molecule has 1 aromatic carbocycles. The van der Waals surface area contributed by atoms with Crippen LogP contribution < -0.4 is 10.1 Å². The number of benzene rings is 1. The molecule has 0 unspecified atom stereocenters. The Morgan fingerprint density at radius 3 is 2.83 bits per heavy atom. The summed E-state index contributed by atoms with van der Waals surface area (Å²) in [5.41, 5.74) is 4.34. The number of ether oxygens (including phenoxy) is 1. The first-order valence-electron chi connectivity index (χ1n) is 7.05. The van der Waals surface area contributed by atoms with Crippen molar-refractivity contribution in [2.75, 3.05) is 12.4 Å². The Morgan fingerprint density at radius 2 is 2.04 bits per heavy atom. The number of nitrogens with one attached hydrogen (secondary N) is 2. The van der Waals surface area contributed by atoms with Crippen molar-refractivity contribution in [3.63, 3.8) is 0 Å². The number of aromatic amines is 1. The van der Waals surface area contributed by atoms with Gasteiger partial charge in [0.05, 0.1) is 24.6 Å². The van der Waals surface area contributed by atoms with Crippen LogP contribution in [0.2, 0.25) is 0 Å². The summed E-state index contributed by atoms with van der Waals surface area (Å²) in [7, 11) is 1.64. The van der Waals surface area contributed by atoms with Crippen LogP contribution in [-0.2, 0) is 4.79 Å². The summed E-state index contributed by atoms with van der Waals surface area (Å²) in [4.78, 5) is 12.1. The lowest BCUT2D eigenvalue weighted by Crippen LogP contribution is -2.03. The van der Waals surface area contributed by atoms with Gasteiger partial charge in [0, 0.05) is 16.7 Å². The standard InChI is InChI=1S/C17H13N3O2S/c1-22-12-4-2-10(3-5-12)15-11(9-18-20-15)8-14-13-6-7-23-17(13)19-16(14)21/h2-9H,1H3,(H,18,20)(H,19,21)/b14-8+. The second-order valence-electron chi connectivity index (χ2n) is 5.10. The fraction of sp³-hybridized carbons (Fsp3) is 0.0588. The van der Waals surface area contributed by atoms with E-state index in [2.05, 4.69) is 15.5 Å². The number of nitrogens with zero attached hydrogens (tertiary/aromatic N) is 1. The van der Waals surface area contributed by atoms with Crippen molar-refractivity contribution in [1.29, 1.82) is 0 Å². The minimum atomic E-state index is -0.0752. The summed E-state index contributed by atoms with van der Waals surface area (Å²) in [6.07, 6.45) is 3.60. The lowest BCUT2D eigenvalue weighted by atomic mass is 10.0. The Balaban J connectivity index is 1.76. The Morgan fingerprint density at radius 1 is 1.22 bits per heavy atom. The van der Waals surface area contributed by atoms with Crippen molar-refractivity contribution in [2.24, 2.45) is 0 Å². The lowest BCUT2D eigenvalue weighted by Gasteiger charge is -2.03. The SMILES string of the molecule is COc1ccc(-c2[nH]ncc2/C=C2/C(=O)Nc3sccc32)cc1. The van der Waals surface area contributed by atoms with E-state index in [0.29, 0.717) is 5.57 Å². The highest BCUT2D eigenvalue weighted by Crippen LogP contribution is 2.38. The van der Waals surface area contributed by atoms with E-state index in [1.807, 2.05) is 41.8 Å². The van der Waals surface area contributed by atoms with Crippen LogP contribution in [0.1, 0.15) is 11.1 Å². The molecule has 0 aliphatic carbocycles. The Labute approximate surface area is 136 Å². The van der Waals surface area contributed by atoms with Gasteiger partial charge in [0.15, 0.2) is 0 Å². The van der Waals surface area contributed by atoms with Gasteiger partial charge in [0.25, 0.3) is 5.91 Å². The van der Waals surface area contributed by atoms with Gasteiger partial charge < -0.3 is 10.1 Å². The molecule has 3 aromatic rings. The number of H-pyrrole nitrogens is 1. The quantitative estimate of drug-likeness (QED) is 0.723. The summed E-state index contributed by atoms with van der Waals surface area (Å²) >= 11 is 1.53. The smallest absolute Gasteiger partial charge is 0.257 e. The lowest BCUT2D eigenvalue weighted by molar-refractivity contribution is -0.110. The second kappa shape index (κ2) is 5.40. The summed E-state index contributed by atoms with van der Waals surface area (Å²) < 4.78 is 5.18. The fourth-order valence-electron chi connectivity index (χ4n) is 2.60. The van der Waals surface area contributed by atoms with Gasteiger partial charge in [-0.05, 0) is 41.8 Å². The first-order chi connectivity index (χ1) is 11.3. The normalized spacial score (nSPS) is 14.8. The van der Waals surface area contributed by atoms with Gasteiger partial charge in [-0.3, -0.25) is 9.89 Å². The van der Waals surface area contributed by atoms with E-state index in [1.165, 1.54) is 11.3 Å². The zero-order chi connectivity index (χ0) is 15.8. The molecule has 1 aliphatic rings. The third-order valence-corrected chi connectivity index (χ3v) is 4.60. The maximum Gasteiger partial charge on any atom is 0.257 e. The van der Waals surface area contributed by atoms with E-state index >= 15 is 0 Å². The van der Waals surface area contributed by atoms with Crippen LogP contribution in [0.3, 0.4) is 0 Å². The molecule has 0 radical (unpaired) electrons. The predicted octanol–water partition coefficient (Wildman–Crippen LogP) is 3.64. The molecule has 0 fully saturated rings. The molecule has 5 nitrogen and oxygen atoms in total. The number of aromatic nitrogens is 2. The highest BCUT2D eigenvalue weighted by Gasteiger charge is 2.25. The van der Waals surface area contributed by atoms with Gasteiger partial charge >= 0.3 is 0 Å². The minimum absolute atomic E-state index is 0.0752. The molecule has 1 amide bonds. The molecule has 2 aromatic heterocycles. The maximum absolute atomic E-state index is 12.1. The molecule has 0 atom stereocenters. The number of hydrogen-bond acceptors (Lipinski definition) is 4. The molecule has 0 saturated heterocycles. The van der Waals surface area contributed by atoms with Crippen molar-refractivity contribution in [3.8, 4) is 17.0 Å². The van der Waals surface area contributed by atoms with Crippen molar-refractivity contribution < 1.29 is 9.53 Å². The van der Waals surface area contributed by atoms with Gasteiger partial charge in [-0.25, -0.2) is 0 Å². The predicted molar refractivity (Wildman–Crippen MR) is 91.4 cm³/mol. The number of rotatable bonds is 3. The Kier molecular flexibility index (Phi) is 3.24. The number of fused-ring (bicyclic) bond motifs is 1. The number of hydrogen-bond donors (Lipinski definition) is 2. The van der Waals surface area contributed by atoms with E-state index in [-0.39, 0.29) is 5.91 Å². The molecule has 0 saturated carbocycles. The number of carbonyl (C=O) groups excluding carboxylic acids is 1. The van der Waals surface area contributed by atoms with Crippen molar-refractivity contribution in [1.82, 2.24) is 10.2 Å². The molecule has 6 heteroatoms. The number of amides is 1. The number of carbonyl (C=O) groups is 1. The Bertz CT molecular complexity index is 906. The average Bonchev–Trinajstić information content (AvgIpc) is 3.26. The number of methoxy groups -OCH3 is 1. The van der Waals surface area contributed by atoms with Crippen LogP contribution in [0.5, 0.6) is 5.75 Å². The van der Waals surface area contributed by atoms with E-state index in [0.717, 1.165) is 33.1 Å². The summed E-state index contributed by atoms with van der Waals surface area (Å²) in [6.45, 7) is 0. The van der Waals surface area contributed by atoms with E-state index in [4.69, 9.17) is 4.74 Å². The molecule has 3 heterocycles. The molecule has 2 N–H and O–H groups in total. The van der Waals surface area contributed by atoms with Gasteiger partial charge in [-0.15, -0.1) is 11.3 Å². The molecule has 4 rings (SSSR count). The number of anilines is 1. The van der Waals surface area contributed by atoms with Crippen LogP contribution in [-0.4, -0.2) is 23.2 Å². The minimum Gasteiger partial charge on any atom is -0.497 e. The highest BCUT2D eigenvalue weighted by atomic mass is 32.1. The largest absolute Gasteiger partial charge is 0.497 e. The molecule has 23 heavy (non-hydrogen) atoms. The zero-order valence-corrected chi connectivity index (χ0v) is 13.1. The van der Waals surface area contributed by atoms with E-state index in [1.54, 1.807) is 13.3 Å². The third kappa shape index (κ3) is 2.33. The van der Waals surface area contributed by atoms with E-state index in [9.17, 15) is 4.79 Å². The van der Waals surface area contributed by atoms with Gasteiger partial charge in [0.1, 0.15) is 10.8 Å². The molecule has 0 bridgehead atoms. The van der Waals surface area contributed by atoms with Crippen LogP contribution in [0.4, 0.5) is 5.00 Å². The summed E-state index contributed by atoms with van der Waals surface area (Å²) in [5.74, 6) is 0.722. The summed E-state index contributed by atoms with van der Waals surface area (Å²) in [5, 5.41) is 12.9. The van der Waals surface area contributed by atoms with Crippen LogP contribution in [0, 0.1) is 0 Å². The molecule has 114 valence electrons. The first-order valence-corrected chi connectivity index (χ1v) is 7.93. The van der Waals surface area contributed by atoms with Crippen LogP contribution >= 0.6 is 11.3 Å². The number of thiophene rings is 1. The topological polar surface area (TPSA) is 67.0 Å².